The summed E-state index contributed by atoms with van der Waals surface area (Å²) in [5.74, 6) is -2.26. The van der Waals surface area contributed by atoms with E-state index in [4.69, 9.17) is 18.9 Å². The fraction of sp³-hybridized carbons (Fsp3) is 0.400. The summed E-state index contributed by atoms with van der Waals surface area (Å²) in [5, 5.41) is 0. The molecule has 4 heteroatoms. The van der Waals surface area contributed by atoms with Gasteiger partial charge in [-0.15, -0.1) is 0 Å². The highest BCUT2D eigenvalue weighted by Gasteiger charge is 2.65. The average molecular weight is 326 g/mol. The number of hydrogen-bond donors (Lipinski definition) is 0. The highest BCUT2D eigenvalue weighted by molar-refractivity contribution is 5.76. The van der Waals surface area contributed by atoms with E-state index < -0.39 is 11.6 Å². The molecule has 0 spiro atoms. The summed E-state index contributed by atoms with van der Waals surface area (Å²) in [6, 6.07) is 16.3. The quantitative estimate of drug-likeness (QED) is 0.860. The molecule has 0 unspecified atom stereocenters. The van der Waals surface area contributed by atoms with Crippen LogP contribution in [0, 0.1) is 0 Å². The Morgan fingerprint density at radius 3 is 2.00 bits per heavy atom. The Labute approximate surface area is 142 Å². The maximum atomic E-state index is 6.48. The molecule has 24 heavy (non-hydrogen) atoms. The Morgan fingerprint density at radius 2 is 1.46 bits per heavy atom. The lowest BCUT2D eigenvalue weighted by atomic mass is 9.76. The Morgan fingerprint density at radius 1 is 0.917 bits per heavy atom. The van der Waals surface area contributed by atoms with Gasteiger partial charge in [0.1, 0.15) is 0 Å². The van der Waals surface area contributed by atoms with Gasteiger partial charge in [0.2, 0.25) is 0 Å². The zero-order valence-electron chi connectivity index (χ0n) is 14.2. The third-order valence-electron chi connectivity index (χ3n) is 5.12. The van der Waals surface area contributed by atoms with Gasteiger partial charge in [0.15, 0.2) is 0 Å². The van der Waals surface area contributed by atoms with Crippen LogP contribution in [0.5, 0.6) is 0 Å². The first kappa shape index (κ1) is 15.8. The predicted molar refractivity (Wildman–Crippen MR) is 90.4 cm³/mol. The van der Waals surface area contributed by atoms with Crippen molar-refractivity contribution in [3.05, 3.63) is 59.7 Å². The van der Waals surface area contributed by atoms with E-state index in [1.807, 2.05) is 36.4 Å². The molecule has 2 aliphatic rings. The van der Waals surface area contributed by atoms with E-state index in [-0.39, 0.29) is 6.10 Å². The lowest BCUT2D eigenvalue weighted by Crippen LogP contribution is -2.62. The smallest absolute Gasteiger partial charge is 0.256 e. The third-order valence-corrected chi connectivity index (χ3v) is 5.12. The van der Waals surface area contributed by atoms with Crippen LogP contribution in [0.25, 0.3) is 11.1 Å². The summed E-state index contributed by atoms with van der Waals surface area (Å²) in [6.45, 7) is 2.55. The summed E-state index contributed by atoms with van der Waals surface area (Å²) in [5.41, 5.74) is 4.04. The molecule has 1 saturated heterocycles. The maximum absolute atomic E-state index is 6.48. The molecule has 1 heterocycles. The third kappa shape index (κ3) is 1.82. The molecule has 3 atom stereocenters. The zero-order valence-corrected chi connectivity index (χ0v) is 14.2. The first-order valence-electron chi connectivity index (χ1n) is 8.34. The molecule has 0 aromatic heterocycles. The normalized spacial score (nSPS) is 31.0. The Balaban J connectivity index is 2.06. The van der Waals surface area contributed by atoms with E-state index in [9.17, 15) is 0 Å². The number of benzene rings is 2. The number of ether oxygens (including phenoxy) is 4. The zero-order chi connectivity index (χ0) is 16.8. The van der Waals surface area contributed by atoms with Crippen molar-refractivity contribution in [3.63, 3.8) is 0 Å². The van der Waals surface area contributed by atoms with E-state index in [0.717, 1.165) is 28.7 Å². The van der Waals surface area contributed by atoms with Crippen molar-refractivity contribution in [2.24, 2.45) is 0 Å². The van der Waals surface area contributed by atoms with Gasteiger partial charge in [-0.05, 0) is 17.5 Å². The SMILES string of the molecule is CC[C@@H]1CO[C@@]2(OC)c3ccccc3-c3ccccc3[C@]2(OC)O1. The van der Waals surface area contributed by atoms with Crippen molar-refractivity contribution < 1.29 is 18.9 Å². The van der Waals surface area contributed by atoms with Crippen molar-refractivity contribution in [1.82, 2.24) is 0 Å². The Bertz CT molecular complexity index is 759. The van der Waals surface area contributed by atoms with Gasteiger partial charge in [-0.25, -0.2) is 0 Å². The van der Waals surface area contributed by atoms with Crippen molar-refractivity contribution >= 4 is 0 Å². The van der Waals surface area contributed by atoms with Crippen LogP contribution in [-0.2, 0) is 30.5 Å². The molecule has 126 valence electrons. The molecule has 2 aromatic rings. The molecule has 4 nitrogen and oxygen atoms in total. The van der Waals surface area contributed by atoms with Crippen molar-refractivity contribution in [2.45, 2.75) is 31.0 Å². The summed E-state index contributed by atoms with van der Waals surface area (Å²) in [4.78, 5) is 0. The summed E-state index contributed by atoms with van der Waals surface area (Å²) < 4.78 is 24.8. The fourth-order valence-corrected chi connectivity index (χ4v) is 3.95. The summed E-state index contributed by atoms with van der Waals surface area (Å²) in [6.07, 6.45) is 0.792. The largest absolute Gasteiger partial charge is 0.345 e. The van der Waals surface area contributed by atoms with Gasteiger partial charge in [-0.3, -0.25) is 0 Å². The number of rotatable bonds is 3. The Kier molecular flexibility index (Phi) is 3.73. The molecule has 2 aromatic carbocycles. The highest BCUT2D eigenvalue weighted by Crippen LogP contribution is 2.58. The molecular weight excluding hydrogens is 304 g/mol. The van der Waals surface area contributed by atoms with Gasteiger partial charge in [-0.1, -0.05) is 55.5 Å². The average Bonchev–Trinajstić information content (AvgIpc) is 2.67. The number of hydrogen-bond acceptors (Lipinski definition) is 4. The maximum Gasteiger partial charge on any atom is 0.256 e. The van der Waals surface area contributed by atoms with Crippen molar-refractivity contribution in [1.29, 1.82) is 0 Å². The van der Waals surface area contributed by atoms with Gasteiger partial charge in [-0.2, -0.15) is 0 Å². The first-order chi connectivity index (χ1) is 11.7. The predicted octanol–water partition coefficient (Wildman–Crippen LogP) is 3.79. The van der Waals surface area contributed by atoms with E-state index in [1.54, 1.807) is 14.2 Å². The molecule has 0 bridgehead atoms. The van der Waals surface area contributed by atoms with Crippen LogP contribution in [0.4, 0.5) is 0 Å². The number of fused-ring (bicyclic) bond motifs is 6. The second-order valence-electron chi connectivity index (χ2n) is 6.19. The molecule has 1 aliphatic heterocycles. The van der Waals surface area contributed by atoms with Crippen LogP contribution in [0.15, 0.2) is 48.5 Å². The van der Waals surface area contributed by atoms with Crippen molar-refractivity contribution in [3.8, 4) is 11.1 Å². The second kappa shape index (κ2) is 5.67. The van der Waals surface area contributed by atoms with Crippen LogP contribution in [-0.4, -0.2) is 26.9 Å². The highest BCUT2D eigenvalue weighted by atomic mass is 16.8. The van der Waals surface area contributed by atoms with E-state index >= 15 is 0 Å². The molecule has 0 N–H and O–H groups in total. The molecule has 1 aliphatic carbocycles. The van der Waals surface area contributed by atoms with Crippen LogP contribution in [0.2, 0.25) is 0 Å². The van der Waals surface area contributed by atoms with E-state index in [2.05, 4.69) is 19.1 Å². The summed E-state index contributed by atoms with van der Waals surface area (Å²) in [7, 11) is 3.30. The Hall–Kier alpha value is -1.72. The van der Waals surface area contributed by atoms with Crippen molar-refractivity contribution in [2.75, 3.05) is 20.8 Å². The van der Waals surface area contributed by atoms with Gasteiger partial charge in [0.05, 0.1) is 12.7 Å². The van der Waals surface area contributed by atoms with E-state index in [1.165, 1.54) is 0 Å². The minimum Gasteiger partial charge on any atom is -0.345 e. The second-order valence-corrected chi connectivity index (χ2v) is 6.19. The topological polar surface area (TPSA) is 36.9 Å². The van der Waals surface area contributed by atoms with Crippen LogP contribution in [0.3, 0.4) is 0 Å². The minimum atomic E-state index is -1.13. The van der Waals surface area contributed by atoms with Crippen LogP contribution >= 0.6 is 0 Å². The molecule has 0 amide bonds. The van der Waals surface area contributed by atoms with Crippen LogP contribution in [0.1, 0.15) is 24.5 Å². The molecule has 0 saturated carbocycles. The molecular formula is C20H22O4. The van der Waals surface area contributed by atoms with Gasteiger partial charge < -0.3 is 18.9 Å². The van der Waals surface area contributed by atoms with Crippen LogP contribution < -0.4 is 0 Å². The lowest BCUT2D eigenvalue weighted by molar-refractivity contribution is -0.463. The number of methoxy groups -OCH3 is 2. The van der Waals surface area contributed by atoms with Gasteiger partial charge >= 0.3 is 0 Å². The minimum absolute atomic E-state index is 0.0495. The molecule has 4 rings (SSSR count). The molecule has 0 radical (unpaired) electrons. The first-order valence-corrected chi connectivity index (χ1v) is 8.34. The monoisotopic (exact) mass is 326 g/mol. The fourth-order valence-electron chi connectivity index (χ4n) is 3.95. The summed E-state index contributed by atoms with van der Waals surface area (Å²) >= 11 is 0. The van der Waals surface area contributed by atoms with Gasteiger partial charge in [0.25, 0.3) is 11.6 Å². The van der Waals surface area contributed by atoms with Gasteiger partial charge in [0, 0.05) is 25.3 Å². The lowest BCUT2D eigenvalue weighted by Gasteiger charge is -2.55. The standard InChI is InChI=1S/C20H22O4/c1-4-14-13-23-19(21-2)17-11-7-5-9-15(17)16-10-6-8-12-18(16)20(19,22-3)24-14/h5-12,14H,4,13H2,1-3H3/t14-,19+,20+/m1/s1. The van der Waals surface area contributed by atoms with E-state index in [0.29, 0.717) is 6.61 Å². The molecule has 1 fully saturated rings.